The Bertz CT molecular complexity index is 409. The van der Waals surface area contributed by atoms with Gasteiger partial charge in [-0.1, -0.05) is 0 Å². The molecule has 94 valence electrons. The minimum absolute atomic E-state index is 0.574. The van der Waals surface area contributed by atoms with E-state index in [1.807, 2.05) is 13.2 Å². The van der Waals surface area contributed by atoms with E-state index in [-0.39, 0.29) is 0 Å². The molecule has 0 bridgehead atoms. The van der Waals surface area contributed by atoms with Crippen molar-refractivity contribution in [2.75, 3.05) is 17.7 Å². The van der Waals surface area contributed by atoms with Crippen LogP contribution in [0.5, 0.6) is 0 Å². The highest BCUT2D eigenvalue weighted by Crippen LogP contribution is 2.24. The number of nitrogens with zero attached hydrogens (tertiary/aromatic N) is 3. The summed E-state index contributed by atoms with van der Waals surface area (Å²) in [6.45, 7) is 5.81. The first-order valence-corrected chi connectivity index (χ1v) is 6.53. The van der Waals surface area contributed by atoms with Gasteiger partial charge in [-0.15, -0.1) is 11.8 Å². The second kappa shape index (κ2) is 5.35. The fourth-order valence-electron chi connectivity index (χ4n) is 1.55. The Hall–Kier alpha value is -1.30. The molecule has 0 amide bonds. The molecule has 0 radical (unpaired) electrons. The lowest BCUT2D eigenvalue weighted by Gasteiger charge is -2.35. The largest absolute Gasteiger partial charge is 0.480 e. The summed E-state index contributed by atoms with van der Waals surface area (Å²) in [4.78, 5) is 21.2. The van der Waals surface area contributed by atoms with Gasteiger partial charge in [0.05, 0.1) is 0 Å². The standard InChI is InChI=1S/C11H17N3O2S/c1-5-14(11(2,3)10(15)16)8-6-9(17-4)13-7-12-8/h6-7H,5H2,1-4H3,(H,15,16). The first kappa shape index (κ1) is 13.8. The maximum absolute atomic E-state index is 11.3. The van der Waals surface area contributed by atoms with Gasteiger partial charge in [0.15, 0.2) is 0 Å². The van der Waals surface area contributed by atoms with Crippen LogP contribution in [0.4, 0.5) is 5.82 Å². The smallest absolute Gasteiger partial charge is 0.328 e. The second-order valence-electron chi connectivity index (χ2n) is 4.03. The lowest BCUT2D eigenvalue weighted by molar-refractivity contribution is -0.142. The predicted molar refractivity (Wildman–Crippen MR) is 68.5 cm³/mol. The van der Waals surface area contributed by atoms with Crippen LogP contribution in [0.25, 0.3) is 0 Å². The predicted octanol–water partition coefficient (Wildman–Crippen LogP) is 1.89. The van der Waals surface area contributed by atoms with Crippen molar-refractivity contribution in [3.63, 3.8) is 0 Å². The van der Waals surface area contributed by atoms with Crippen molar-refractivity contribution in [1.82, 2.24) is 9.97 Å². The topological polar surface area (TPSA) is 66.3 Å². The Kier molecular flexibility index (Phi) is 4.34. The Balaban J connectivity index is 3.13. The zero-order chi connectivity index (χ0) is 13.1. The third kappa shape index (κ3) is 2.88. The molecule has 1 N–H and O–H groups in total. The molecule has 0 saturated carbocycles. The molecule has 1 heterocycles. The third-order valence-corrected chi connectivity index (χ3v) is 3.27. The molecule has 0 aliphatic carbocycles. The first-order chi connectivity index (χ1) is 7.93. The van der Waals surface area contributed by atoms with Crippen molar-refractivity contribution >= 4 is 23.5 Å². The van der Waals surface area contributed by atoms with Gasteiger partial charge in [-0.2, -0.15) is 0 Å². The van der Waals surface area contributed by atoms with E-state index in [1.54, 1.807) is 24.8 Å². The summed E-state index contributed by atoms with van der Waals surface area (Å²) in [5.41, 5.74) is -0.987. The van der Waals surface area contributed by atoms with Gasteiger partial charge in [-0.05, 0) is 27.0 Å². The van der Waals surface area contributed by atoms with Gasteiger partial charge in [-0.3, -0.25) is 0 Å². The second-order valence-corrected chi connectivity index (χ2v) is 4.85. The zero-order valence-electron chi connectivity index (χ0n) is 10.5. The molecule has 1 aromatic rings. The van der Waals surface area contributed by atoms with Crippen molar-refractivity contribution in [2.24, 2.45) is 0 Å². The van der Waals surface area contributed by atoms with E-state index in [0.29, 0.717) is 12.4 Å². The van der Waals surface area contributed by atoms with Crippen LogP contribution in [0.2, 0.25) is 0 Å². The highest BCUT2D eigenvalue weighted by Gasteiger charge is 2.34. The number of anilines is 1. The Morgan fingerprint density at radius 1 is 1.53 bits per heavy atom. The number of rotatable bonds is 5. The van der Waals surface area contributed by atoms with E-state index in [4.69, 9.17) is 0 Å². The number of carbonyl (C=O) groups is 1. The average molecular weight is 255 g/mol. The van der Waals surface area contributed by atoms with Gasteiger partial charge in [0, 0.05) is 12.6 Å². The van der Waals surface area contributed by atoms with Crippen molar-refractivity contribution in [3.8, 4) is 0 Å². The molecule has 6 heteroatoms. The SMILES string of the molecule is CCN(c1cc(SC)ncn1)C(C)(C)C(=O)O. The number of carboxylic acids is 1. The van der Waals surface area contributed by atoms with Gasteiger partial charge in [0.2, 0.25) is 0 Å². The minimum Gasteiger partial charge on any atom is -0.480 e. The summed E-state index contributed by atoms with van der Waals surface area (Å²) in [5, 5.41) is 10.1. The highest BCUT2D eigenvalue weighted by atomic mass is 32.2. The number of likely N-dealkylation sites (N-methyl/N-ethyl adjacent to an activating group) is 1. The quantitative estimate of drug-likeness (QED) is 0.640. The van der Waals surface area contributed by atoms with Crippen LogP contribution in [0.1, 0.15) is 20.8 Å². The molecule has 1 rings (SSSR count). The number of carboxylic acid groups (broad SMARTS) is 1. The molecule has 0 fully saturated rings. The van der Waals surface area contributed by atoms with Crippen LogP contribution in [-0.4, -0.2) is 39.4 Å². The highest BCUT2D eigenvalue weighted by molar-refractivity contribution is 7.98. The van der Waals surface area contributed by atoms with Crippen molar-refractivity contribution in [1.29, 1.82) is 0 Å². The van der Waals surface area contributed by atoms with E-state index >= 15 is 0 Å². The summed E-state index contributed by atoms with van der Waals surface area (Å²) in [5.74, 6) is -0.233. The number of hydrogen-bond donors (Lipinski definition) is 1. The summed E-state index contributed by atoms with van der Waals surface area (Å²) < 4.78 is 0. The molecular formula is C11H17N3O2S. The number of hydrogen-bond acceptors (Lipinski definition) is 5. The molecular weight excluding hydrogens is 238 g/mol. The number of aromatic nitrogens is 2. The van der Waals surface area contributed by atoms with Crippen molar-refractivity contribution in [2.45, 2.75) is 31.3 Å². The van der Waals surface area contributed by atoms with Crippen LogP contribution >= 0.6 is 11.8 Å². The minimum atomic E-state index is -0.987. The molecule has 17 heavy (non-hydrogen) atoms. The first-order valence-electron chi connectivity index (χ1n) is 5.30. The fraction of sp³-hybridized carbons (Fsp3) is 0.545. The van der Waals surface area contributed by atoms with Gasteiger partial charge < -0.3 is 10.0 Å². The molecule has 0 aromatic carbocycles. The summed E-state index contributed by atoms with van der Waals surface area (Å²) >= 11 is 1.50. The lowest BCUT2D eigenvalue weighted by atomic mass is 10.0. The Morgan fingerprint density at radius 2 is 2.18 bits per heavy atom. The van der Waals surface area contributed by atoms with E-state index < -0.39 is 11.5 Å². The summed E-state index contributed by atoms with van der Waals surface area (Å²) in [6.07, 6.45) is 3.38. The normalized spacial score (nSPS) is 11.3. The van der Waals surface area contributed by atoms with Crippen LogP contribution in [-0.2, 0) is 4.79 Å². The molecule has 0 aliphatic heterocycles. The van der Waals surface area contributed by atoms with Crippen molar-refractivity contribution < 1.29 is 9.90 Å². The third-order valence-electron chi connectivity index (χ3n) is 2.63. The summed E-state index contributed by atoms with van der Waals surface area (Å²) in [7, 11) is 0. The van der Waals surface area contributed by atoms with E-state index in [2.05, 4.69) is 9.97 Å². The molecule has 1 aromatic heterocycles. The number of thioether (sulfide) groups is 1. The van der Waals surface area contributed by atoms with E-state index in [0.717, 1.165) is 5.03 Å². The van der Waals surface area contributed by atoms with E-state index in [9.17, 15) is 9.90 Å². The molecule has 0 saturated heterocycles. The van der Waals surface area contributed by atoms with E-state index in [1.165, 1.54) is 18.1 Å². The van der Waals surface area contributed by atoms with Crippen LogP contribution in [0.3, 0.4) is 0 Å². The average Bonchev–Trinajstić information content (AvgIpc) is 2.29. The van der Waals surface area contributed by atoms with Gasteiger partial charge in [0.25, 0.3) is 0 Å². The lowest BCUT2D eigenvalue weighted by Crippen LogP contribution is -2.50. The van der Waals surface area contributed by atoms with Crippen LogP contribution in [0, 0.1) is 0 Å². The maximum atomic E-state index is 11.3. The van der Waals surface area contributed by atoms with Gasteiger partial charge >= 0.3 is 5.97 Å². The molecule has 0 aliphatic rings. The van der Waals surface area contributed by atoms with Gasteiger partial charge in [-0.25, -0.2) is 14.8 Å². The summed E-state index contributed by atoms with van der Waals surface area (Å²) in [6, 6.07) is 1.80. The Morgan fingerprint density at radius 3 is 2.65 bits per heavy atom. The van der Waals surface area contributed by atoms with Gasteiger partial charge in [0.1, 0.15) is 22.7 Å². The molecule has 0 atom stereocenters. The molecule has 0 unspecified atom stereocenters. The Labute approximate surface area is 105 Å². The maximum Gasteiger partial charge on any atom is 0.328 e. The van der Waals surface area contributed by atoms with Crippen LogP contribution < -0.4 is 4.90 Å². The molecule has 0 spiro atoms. The molecule has 5 nitrogen and oxygen atoms in total. The zero-order valence-corrected chi connectivity index (χ0v) is 11.3. The fourth-order valence-corrected chi connectivity index (χ4v) is 1.92. The van der Waals surface area contributed by atoms with Crippen LogP contribution in [0.15, 0.2) is 17.4 Å². The number of aliphatic carboxylic acids is 1. The van der Waals surface area contributed by atoms with Crippen molar-refractivity contribution in [3.05, 3.63) is 12.4 Å². The monoisotopic (exact) mass is 255 g/mol.